The summed E-state index contributed by atoms with van der Waals surface area (Å²) >= 11 is 5.99. The highest BCUT2D eigenvalue weighted by Crippen LogP contribution is 2.25. The zero-order valence-electron chi connectivity index (χ0n) is 16.2. The molecular formula is C21H21ClN4O3S. The van der Waals surface area contributed by atoms with Crippen LogP contribution >= 0.6 is 11.6 Å². The molecule has 0 spiro atoms. The summed E-state index contributed by atoms with van der Waals surface area (Å²) in [6.07, 6.45) is 3.82. The molecule has 0 unspecified atom stereocenters. The number of anilines is 2. The molecule has 0 amide bonds. The molecule has 1 fully saturated rings. The maximum atomic E-state index is 12.1. The van der Waals surface area contributed by atoms with E-state index in [-0.39, 0.29) is 5.75 Å². The fourth-order valence-electron chi connectivity index (χ4n) is 3.23. The highest BCUT2D eigenvalue weighted by atomic mass is 35.5. The van der Waals surface area contributed by atoms with E-state index in [9.17, 15) is 8.42 Å². The molecule has 1 aliphatic heterocycles. The van der Waals surface area contributed by atoms with Crippen LogP contribution in [0, 0.1) is 0 Å². The number of sulfonamides is 1. The van der Waals surface area contributed by atoms with Crippen molar-refractivity contribution in [3.05, 3.63) is 77.1 Å². The molecule has 1 saturated heterocycles. The van der Waals surface area contributed by atoms with Crippen molar-refractivity contribution in [1.29, 1.82) is 0 Å². The Morgan fingerprint density at radius 2 is 1.93 bits per heavy atom. The molecule has 7 nitrogen and oxygen atoms in total. The van der Waals surface area contributed by atoms with E-state index in [1.165, 1.54) is 4.31 Å². The van der Waals surface area contributed by atoms with Gasteiger partial charge in [-0.3, -0.25) is 9.29 Å². The number of nitrogens with zero attached hydrogens (tertiary/aromatic N) is 3. The molecule has 9 heteroatoms. The number of halogens is 1. The predicted octanol–water partition coefficient (Wildman–Crippen LogP) is 3.86. The molecular weight excluding hydrogens is 424 g/mol. The molecule has 0 bridgehead atoms. The fraction of sp³-hybridized carbons (Fsp3) is 0.238. The maximum absolute atomic E-state index is 12.1. The minimum Gasteiger partial charge on any atom is -0.472 e. The third-order valence-electron chi connectivity index (χ3n) is 4.66. The van der Waals surface area contributed by atoms with E-state index in [4.69, 9.17) is 16.3 Å². The Labute approximate surface area is 180 Å². The normalized spacial score (nSPS) is 15.2. The van der Waals surface area contributed by atoms with Gasteiger partial charge in [0, 0.05) is 18.1 Å². The Kier molecular flexibility index (Phi) is 6.06. The molecule has 0 saturated carbocycles. The zero-order chi connectivity index (χ0) is 21.0. The van der Waals surface area contributed by atoms with Crippen molar-refractivity contribution in [2.75, 3.05) is 21.9 Å². The fourth-order valence-corrected chi connectivity index (χ4v) is 5.00. The average molecular weight is 445 g/mol. The van der Waals surface area contributed by atoms with E-state index in [0.29, 0.717) is 48.5 Å². The number of nitrogens with one attached hydrogen (secondary N) is 1. The van der Waals surface area contributed by atoms with Gasteiger partial charge in [-0.2, -0.15) is 4.98 Å². The summed E-state index contributed by atoms with van der Waals surface area (Å²) in [5, 5.41) is 3.86. The molecule has 0 aliphatic carbocycles. The number of aromatic nitrogens is 2. The quantitative estimate of drug-likeness (QED) is 0.595. The van der Waals surface area contributed by atoms with Crippen molar-refractivity contribution in [2.45, 2.75) is 19.6 Å². The van der Waals surface area contributed by atoms with Gasteiger partial charge in [-0.15, -0.1) is 0 Å². The Hall–Kier alpha value is -2.84. The van der Waals surface area contributed by atoms with Crippen LogP contribution in [0.15, 0.2) is 60.9 Å². The van der Waals surface area contributed by atoms with E-state index in [0.717, 1.165) is 11.1 Å². The van der Waals surface area contributed by atoms with Crippen molar-refractivity contribution >= 4 is 33.1 Å². The average Bonchev–Trinajstić information content (AvgIpc) is 3.10. The molecule has 4 rings (SSSR count). The molecule has 30 heavy (non-hydrogen) atoms. The van der Waals surface area contributed by atoms with Crippen molar-refractivity contribution in [1.82, 2.24) is 9.97 Å². The molecule has 3 aromatic rings. The molecule has 156 valence electrons. The van der Waals surface area contributed by atoms with Gasteiger partial charge < -0.3 is 10.1 Å². The largest absolute Gasteiger partial charge is 0.472 e. The van der Waals surface area contributed by atoms with Crippen molar-refractivity contribution in [2.24, 2.45) is 0 Å². The Morgan fingerprint density at radius 3 is 2.73 bits per heavy atom. The minimum absolute atomic E-state index is 0.201. The first-order valence-corrected chi connectivity index (χ1v) is 11.5. The monoisotopic (exact) mass is 444 g/mol. The van der Waals surface area contributed by atoms with Gasteiger partial charge in [0.1, 0.15) is 12.4 Å². The molecule has 2 aromatic carbocycles. The molecule has 0 atom stereocenters. The predicted molar refractivity (Wildman–Crippen MR) is 117 cm³/mol. The summed E-state index contributed by atoms with van der Waals surface area (Å²) in [7, 11) is -3.20. The van der Waals surface area contributed by atoms with E-state index in [1.54, 1.807) is 12.4 Å². The van der Waals surface area contributed by atoms with Gasteiger partial charge >= 0.3 is 0 Å². The van der Waals surface area contributed by atoms with Gasteiger partial charge in [-0.1, -0.05) is 35.9 Å². The van der Waals surface area contributed by atoms with Gasteiger partial charge in [0.15, 0.2) is 0 Å². The van der Waals surface area contributed by atoms with Crippen LogP contribution in [0.25, 0.3) is 0 Å². The summed E-state index contributed by atoms with van der Waals surface area (Å²) in [4.78, 5) is 8.58. The second kappa shape index (κ2) is 8.89. The van der Waals surface area contributed by atoms with Crippen LogP contribution in [-0.2, 0) is 23.2 Å². The number of hydrogen-bond acceptors (Lipinski definition) is 6. The third kappa shape index (κ3) is 5.01. The lowest BCUT2D eigenvalue weighted by Gasteiger charge is -2.17. The first-order valence-electron chi connectivity index (χ1n) is 9.52. The van der Waals surface area contributed by atoms with E-state index >= 15 is 0 Å². The van der Waals surface area contributed by atoms with Crippen LogP contribution in [0.2, 0.25) is 5.02 Å². The third-order valence-corrected chi connectivity index (χ3v) is 6.76. The summed E-state index contributed by atoms with van der Waals surface area (Å²) in [6, 6.07) is 14.9. The van der Waals surface area contributed by atoms with Crippen LogP contribution < -0.4 is 14.4 Å². The molecule has 1 aliphatic rings. The second-order valence-corrected chi connectivity index (χ2v) is 9.38. The summed E-state index contributed by atoms with van der Waals surface area (Å²) in [5.41, 5.74) is 2.58. The number of ether oxygens (including phenoxy) is 1. The van der Waals surface area contributed by atoms with Crippen LogP contribution in [-0.4, -0.2) is 30.7 Å². The molecule has 2 heterocycles. The maximum Gasteiger partial charge on any atom is 0.235 e. The van der Waals surface area contributed by atoms with Crippen molar-refractivity contribution < 1.29 is 13.2 Å². The van der Waals surface area contributed by atoms with Crippen molar-refractivity contribution in [3.63, 3.8) is 0 Å². The highest BCUT2D eigenvalue weighted by molar-refractivity contribution is 7.93. The minimum atomic E-state index is -3.20. The van der Waals surface area contributed by atoms with Crippen LogP contribution in [0.1, 0.15) is 17.5 Å². The smallest absolute Gasteiger partial charge is 0.235 e. The lowest BCUT2D eigenvalue weighted by molar-refractivity contribution is 0.293. The highest BCUT2D eigenvalue weighted by Gasteiger charge is 2.28. The van der Waals surface area contributed by atoms with Crippen LogP contribution in [0.4, 0.5) is 11.5 Å². The first kappa shape index (κ1) is 20.4. The van der Waals surface area contributed by atoms with Crippen LogP contribution in [0.5, 0.6) is 5.88 Å². The Morgan fingerprint density at radius 1 is 1.10 bits per heavy atom. The van der Waals surface area contributed by atoms with Gasteiger partial charge in [-0.25, -0.2) is 8.42 Å². The van der Waals surface area contributed by atoms with E-state index in [1.807, 2.05) is 48.5 Å². The summed E-state index contributed by atoms with van der Waals surface area (Å²) < 4.78 is 31.5. The van der Waals surface area contributed by atoms with E-state index < -0.39 is 10.0 Å². The lowest BCUT2D eigenvalue weighted by atomic mass is 10.2. The SMILES string of the molecule is O=S1(=O)CCCN1c1cccc(CNc2cncc(OCc3cccc(Cl)c3)n2)c1. The molecule has 1 N–H and O–H groups in total. The number of hydrogen-bond donors (Lipinski definition) is 1. The van der Waals surface area contributed by atoms with Gasteiger partial charge in [0.05, 0.1) is 23.8 Å². The van der Waals surface area contributed by atoms with E-state index in [2.05, 4.69) is 15.3 Å². The number of rotatable bonds is 7. The van der Waals surface area contributed by atoms with Gasteiger partial charge in [-0.05, 0) is 41.8 Å². The lowest BCUT2D eigenvalue weighted by Crippen LogP contribution is -2.25. The summed E-state index contributed by atoms with van der Waals surface area (Å²) in [5.74, 6) is 1.17. The standard InChI is InChI=1S/C21H21ClN4O3S/c22-18-6-1-5-17(10-18)15-29-21-14-23-13-20(25-21)24-12-16-4-2-7-19(11-16)26-8-3-9-30(26,27)28/h1-2,4-7,10-11,13-14H,3,8-9,12,15H2,(H,24,25). The van der Waals surface area contributed by atoms with Gasteiger partial charge in [0.2, 0.25) is 15.9 Å². The summed E-state index contributed by atoms with van der Waals surface area (Å²) in [6.45, 7) is 1.34. The van der Waals surface area contributed by atoms with Crippen LogP contribution in [0.3, 0.4) is 0 Å². The Balaban J connectivity index is 1.38. The number of benzene rings is 2. The molecule has 0 radical (unpaired) electrons. The van der Waals surface area contributed by atoms with Gasteiger partial charge in [0.25, 0.3) is 0 Å². The second-order valence-electron chi connectivity index (χ2n) is 6.93. The molecule has 1 aromatic heterocycles. The van der Waals surface area contributed by atoms with Crippen molar-refractivity contribution in [3.8, 4) is 5.88 Å². The zero-order valence-corrected chi connectivity index (χ0v) is 17.7. The Bertz CT molecular complexity index is 1140. The topological polar surface area (TPSA) is 84.4 Å². The first-order chi connectivity index (χ1) is 14.5.